The zero-order valence-electron chi connectivity index (χ0n) is 16.3. The fraction of sp³-hybridized carbons (Fsp3) is 0.526. The lowest BCUT2D eigenvalue weighted by Crippen LogP contribution is -2.41. The van der Waals surface area contributed by atoms with Crippen molar-refractivity contribution in [2.24, 2.45) is 0 Å². The summed E-state index contributed by atoms with van der Waals surface area (Å²) in [7, 11) is 1.65. The van der Waals surface area contributed by atoms with Gasteiger partial charge in [-0.1, -0.05) is 6.07 Å². The molecule has 0 radical (unpaired) electrons. The molecular weight excluding hydrogens is 360 g/mol. The van der Waals surface area contributed by atoms with Gasteiger partial charge in [0, 0.05) is 26.2 Å². The van der Waals surface area contributed by atoms with Gasteiger partial charge in [-0.3, -0.25) is 0 Å². The molecule has 9 heteroatoms. The third kappa shape index (κ3) is 4.10. The molecule has 1 aromatic carbocycles. The highest BCUT2D eigenvalue weighted by Gasteiger charge is 2.24. The van der Waals surface area contributed by atoms with Gasteiger partial charge in [0.05, 0.1) is 39.2 Å². The molecule has 0 spiro atoms. The van der Waals surface area contributed by atoms with Crippen LogP contribution in [-0.2, 0) is 9.47 Å². The zero-order chi connectivity index (χ0) is 19.3. The van der Waals surface area contributed by atoms with Crippen LogP contribution in [0.2, 0.25) is 0 Å². The number of hydrogen-bond acceptors (Lipinski definition) is 9. The Kier molecular flexibility index (Phi) is 5.73. The van der Waals surface area contributed by atoms with Gasteiger partial charge >= 0.3 is 0 Å². The van der Waals surface area contributed by atoms with Crippen molar-refractivity contribution in [1.29, 1.82) is 0 Å². The lowest BCUT2D eigenvalue weighted by Gasteiger charge is -2.33. The van der Waals surface area contributed by atoms with Crippen molar-refractivity contribution in [3.05, 3.63) is 23.8 Å². The fourth-order valence-electron chi connectivity index (χ4n) is 3.37. The number of aromatic nitrogens is 3. The summed E-state index contributed by atoms with van der Waals surface area (Å²) in [5.41, 5.74) is 1.94. The first kappa shape index (κ1) is 18.7. The van der Waals surface area contributed by atoms with E-state index in [9.17, 15) is 0 Å². The zero-order valence-corrected chi connectivity index (χ0v) is 16.3. The molecule has 0 atom stereocenters. The van der Waals surface area contributed by atoms with Gasteiger partial charge in [0.1, 0.15) is 5.75 Å². The van der Waals surface area contributed by atoms with Crippen LogP contribution in [0.3, 0.4) is 0 Å². The van der Waals surface area contributed by atoms with Gasteiger partial charge in [0.25, 0.3) is 0 Å². The topological polar surface area (TPSA) is 84.9 Å². The number of ether oxygens (including phenoxy) is 3. The van der Waals surface area contributed by atoms with Crippen molar-refractivity contribution >= 4 is 23.3 Å². The summed E-state index contributed by atoms with van der Waals surface area (Å²) in [6.07, 6.45) is 0. The van der Waals surface area contributed by atoms with Crippen molar-refractivity contribution < 1.29 is 14.2 Å². The molecule has 0 amide bonds. The Morgan fingerprint density at radius 3 is 2.21 bits per heavy atom. The van der Waals surface area contributed by atoms with Crippen LogP contribution in [0.15, 0.2) is 18.2 Å². The second-order valence-corrected chi connectivity index (χ2v) is 6.81. The van der Waals surface area contributed by atoms with Gasteiger partial charge in [-0.15, -0.1) is 10.2 Å². The van der Waals surface area contributed by atoms with Crippen LogP contribution in [0.5, 0.6) is 5.75 Å². The number of anilines is 4. The molecule has 4 rings (SSSR count). The smallest absolute Gasteiger partial charge is 0.249 e. The minimum Gasteiger partial charge on any atom is -0.495 e. The highest BCUT2D eigenvalue weighted by molar-refractivity contribution is 5.68. The van der Waals surface area contributed by atoms with Crippen LogP contribution >= 0.6 is 0 Å². The molecule has 2 aliphatic rings. The molecule has 0 aliphatic carbocycles. The van der Waals surface area contributed by atoms with Crippen LogP contribution in [0.25, 0.3) is 0 Å². The minimum absolute atomic E-state index is 0.447. The molecular formula is C19H26N6O3. The van der Waals surface area contributed by atoms with Gasteiger partial charge in [-0.05, 0) is 24.6 Å². The first-order chi connectivity index (χ1) is 13.7. The third-order valence-electron chi connectivity index (χ3n) is 4.87. The molecule has 1 aromatic heterocycles. The van der Waals surface area contributed by atoms with Crippen molar-refractivity contribution in [1.82, 2.24) is 15.2 Å². The van der Waals surface area contributed by atoms with E-state index in [0.29, 0.717) is 32.4 Å². The van der Waals surface area contributed by atoms with E-state index in [1.807, 2.05) is 25.1 Å². The molecule has 28 heavy (non-hydrogen) atoms. The quantitative estimate of drug-likeness (QED) is 0.823. The van der Waals surface area contributed by atoms with Crippen LogP contribution in [-0.4, -0.2) is 74.9 Å². The van der Waals surface area contributed by atoms with E-state index in [4.69, 9.17) is 19.2 Å². The Balaban J connectivity index is 1.66. The summed E-state index contributed by atoms with van der Waals surface area (Å²) in [4.78, 5) is 9.22. The summed E-state index contributed by atoms with van der Waals surface area (Å²) in [6.45, 7) is 7.90. The summed E-state index contributed by atoms with van der Waals surface area (Å²) < 4.78 is 16.4. The van der Waals surface area contributed by atoms with Gasteiger partial charge in [-0.2, -0.15) is 4.98 Å². The number of nitrogens with one attached hydrogen (secondary N) is 1. The maximum Gasteiger partial charge on any atom is 0.249 e. The predicted octanol–water partition coefficient (Wildman–Crippen LogP) is 1.61. The standard InChI is InChI=1S/C19H26N6O3/c1-14-3-4-16(26-2)15(13-14)20-19-21-17(24-5-9-27-10-6-24)18(22-23-19)25-7-11-28-12-8-25/h3-4,13H,5-12H2,1-2H3,(H,20,21,23). The molecule has 0 saturated carbocycles. The van der Waals surface area contributed by atoms with Crippen LogP contribution in [0.1, 0.15) is 5.56 Å². The van der Waals surface area contributed by atoms with Crippen molar-refractivity contribution in [2.75, 3.05) is 74.8 Å². The average molecular weight is 386 g/mol. The number of methoxy groups -OCH3 is 1. The molecule has 150 valence electrons. The Morgan fingerprint density at radius 2 is 1.57 bits per heavy atom. The summed E-state index contributed by atoms with van der Waals surface area (Å²) in [5, 5.41) is 12.1. The maximum atomic E-state index is 5.50. The molecule has 3 heterocycles. The van der Waals surface area contributed by atoms with E-state index in [1.54, 1.807) is 7.11 Å². The van der Waals surface area contributed by atoms with E-state index in [2.05, 4.69) is 25.3 Å². The third-order valence-corrected chi connectivity index (χ3v) is 4.87. The molecule has 2 aliphatic heterocycles. The molecule has 9 nitrogen and oxygen atoms in total. The molecule has 0 bridgehead atoms. The Hall–Kier alpha value is -2.65. The van der Waals surface area contributed by atoms with Crippen LogP contribution < -0.4 is 19.9 Å². The minimum atomic E-state index is 0.447. The Bertz CT molecular complexity index is 806. The van der Waals surface area contributed by atoms with Gasteiger partial charge in [0.2, 0.25) is 5.95 Å². The highest BCUT2D eigenvalue weighted by Crippen LogP contribution is 2.30. The average Bonchev–Trinajstić information content (AvgIpc) is 2.75. The summed E-state index contributed by atoms with van der Waals surface area (Å²) in [6, 6.07) is 5.94. The lowest BCUT2D eigenvalue weighted by atomic mass is 10.2. The van der Waals surface area contributed by atoms with Crippen molar-refractivity contribution in [3.8, 4) is 5.75 Å². The van der Waals surface area contributed by atoms with E-state index in [0.717, 1.165) is 54.8 Å². The molecule has 1 N–H and O–H groups in total. The molecule has 2 aromatic rings. The molecule has 0 unspecified atom stereocenters. The molecule has 2 saturated heterocycles. The first-order valence-electron chi connectivity index (χ1n) is 9.56. The van der Waals surface area contributed by atoms with E-state index >= 15 is 0 Å². The number of hydrogen-bond donors (Lipinski definition) is 1. The van der Waals surface area contributed by atoms with Crippen molar-refractivity contribution in [3.63, 3.8) is 0 Å². The second kappa shape index (κ2) is 8.57. The second-order valence-electron chi connectivity index (χ2n) is 6.81. The lowest BCUT2D eigenvalue weighted by molar-refractivity contribution is 0.120. The highest BCUT2D eigenvalue weighted by atomic mass is 16.5. The van der Waals surface area contributed by atoms with Crippen molar-refractivity contribution in [2.45, 2.75) is 6.92 Å². The Labute approximate surface area is 164 Å². The van der Waals surface area contributed by atoms with Crippen LogP contribution in [0.4, 0.5) is 23.3 Å². The summed E-state index contributed by atoms with van der Waals surface area (Å²) >= 11 is 0. The number of rotatable bonds is 5. The SMILES string of the molecule is COc1ccc(C)cc1Nc1nnc(N2CCOCC2)c(N2CCOCC2)n1. The first-order valence-corrected chi connectivity index (χ1v) is 9.56. The van der Waals surface area contributed by atoms with E-state index in [-0.39, 0.29) is 0 Å². The largest absolute Gasteiger partial charge is 0.495 e. The van der Waals surface area contributed by atoms with Gasteiger partial charge in [-0.25, -0.2) is 0 Å². The van der Waals surface area contributed by atoms with E-state index < -0.39 is 0 Å². The number of aryl methyl sites for hydroxylation is 1. The fourth-order valence-corrected chi connectivity index (χ4v) is 3.37. The van der Waals surface area contributed by atoms with E-state index in [1.165, 1.54) is 0 Å². The van der Waals surface area contributed by atoms with Gasteiger partial charge in [0.15, 0.2) is 11.6 Å². The van der Waals surface area contributed by atoms with Crippen LogP contribution in [0, 0.1) is 6.92 Å². The normalized spacial score (nSPS) is 17.5. The number of benzene rings is 1. The monoisotopic (exact) mass is 386 g/mol. The molecule has 2 fully saturated rings. The maximum absolute atomic E-state index is 5.50. The van der Waals surface area contributed by atoms with Gasteiger partial charge < -0.3 is 29.3 Å². The Morgan fingerprint density at radius 1 is 0.929 bits per heavy atom. The number of nitrogens with zero attached hydrogens (tertiary/aromatic N) is 5. The number of morpholine rings is 2. The predicted molar refractivity (Wildman–Crippen MR) is 107 cm³/mol. The summed E-state index contributed by atoms with van der Waals surface area (Å²) in [5.74, 6) is 2.81.